The third-order valence-corrected chi connectivity index (χ3v) is 2.27. The third-order valence-electron chi connectivity index (χ3n) is 2.27. The van der Waals surface area contributed by atoms with Gasteiger partial charge in [-0.2, -0.15) is 0 Å². The minimum atomic E-state index is -0.566. The predicted molar refractivity (Wildman–Crippen MR) is 63.3 cm³/mol. The Balaban J connectivity index is 2.49. The average molecular weight is 247 g/mol. The lowest BCUT2D eigenvalue weighted by atomic mass is 10.3. The summed E-state index contributed by atoms with van der Waals surface area (Å²) >= 11 is 0. The van der Waals surface area contributed by atoms with Crippen LogP contribution in [0.15, 0.2) is 47.4 Å². The molecule has 1 heterocycles. The smallest absolute Gasteiger partial charge is 0.308 e. The van der Waals surface area contributed by atoms with Crippen LogP contribution in [0.1, 0.15) is 6.92 Å². The Morgan fingerprint density at radius 2 is 1.89 bits per heavy atom. The molecule has 0 radical (unpaired) electrons. The maximum absolute atomic E-state index is 12.8. The molecule has 0 saturated carbocycles. The van der Waals surface area contributed by atoms with Crippen LogP contribution in [0.2, 0.25) is 0 Å². The fourth-order valence-electron chi connectivity index (χ4n) is 1.51. The molecule has 5 heteroatoms. The van der Waals surface area contributed by atoms with E-state index in [1.165, 1.54) is 48.0 Å². The highest BCUT2D eigenvalue weighted by Gasteiger charge is 2.07. The molecule has 0 bridgehead atoms. The first-order chi connectivity index (χ1) is 8.58. The second kappa shape index (κ2) is 4.83. The third kappa shape index (κ3) is 2.45. The number of hydrogen-bond donors (Lipinski definition) is 0. The number of rotatable bonds is 2. The van der Waals surface area contributed by atoms with Crippen molar-refractivity contribution < 1.29 is 13.9 Å². The minimum Gasteiger partial charge on any atom is -0.421 e. The van der Waals surface area contributed by atoms with Gasteiger partial charge in [-0.1, -0.05) is 0 Å². The fraction of sp³-hybridized carbons (Fsp3) is 0.0769. The van der Waals surface area contributed by atoms with Gasteiger partial charge in [-0.3, -0.25) is 14.2 Å². The van der Waals surface area contributed by atoms with Crippen molar-refractivity contribution in [2.45, 2.75) is 6.92 Å². The minimum absolute atomic E-state index is 0.0608. The van der Waals surface area contributed by atoms with E-state index in [9.17, 15) is 14.0 Å². The average Bonchev–Trinajstić information content (AvgIpc) is 2.33. The van der Waals surface area contributed by atoms with Crippen molar-refractivity contribution in [3.8, 4) is 11.4 Å². The van der Waals surface area contributed by atoms with Gasteiger partial charge >= 0.3 is 5.97 Å². The Kier molecular flexibility index (Phi) is 3.23. The Morgan fingerprint density at radius 3 is 2.50 bits per heavy atom. The first kappa shape index (κ1) is 12.0. The van der Waals surface area contributed by atoms with E-state index in [4.69, 9.17) is 4.74 Å². The van der Waals surface area contributed by atoms with Gasteiger partial charge < -0.3 is 4.74 Å². The van der Waals surface area contributed by atoms with Gasteiger partial charge in [-0.15, -0.1) is 0 Å². The molecule has 1 aromatic carbocycles. The van der Waals surface area contributed by atoms with E-state index in [0.29, 0.717) is 5.69 Å². The summed E-state index contributed by atoms with van der Waals surface area (Å²) in [5.41, 5.74) is 0.0229. The number of carbonyl (C=O) groups excluding carboxylic acids is 1. The lowest BCUT2D eigenvalue weighted by Crippen LogP contribution is -2.21. The molecular weight excluding hydrogens is 237 g/mol. The first-order valence-corrected chi connectivity index (χ1v) is 5.24. The van der Waals surface area contributed by atoms with E-state index in [1.54, 1.807) is 6.07 Å². The summed E-state index contributed by atoms with van der Waals surface area (Å²) < 4.78 is 18.9. The lowest BCUT2D eigenvalue weighted by Gasteiger charge is -2.07. The van der Waals surface area contributed by atoms with Gasteiger partial charge in [0.25, 0.3) is 5.56 Å². The van der Waals surface area contributed by atoms with Crippen LogP contribution in [-0.2, 0) is 4.79 Å². The molecule has 92 valence electrons. The Morgan fingerprint density at radius 1 is 1.22 bits per heavy atom. The quantitative estimate of drug-likeness (QED) is 0.761. The second-order valence-corrected chi connectivity index (χ2v) is 3.62. The summed E-state index contributed by atoms with van der Waals surface area (Å²) in [6.45, 7) is 1.22. The van der Waals surface area contributed by atoms with Crippen LogP contribution in [0.25, 0.3) is 5.69 Å². The summed E-state index contributed by atoms with van der Waals surface area (Å²) in [6.07, 6.45) is 1.52. The molecule has 0 unspecified atom stereocenters. The molecule has 2 aromatic rings. The monoisotopic (exact) mass is 247 g/mol. The zero-order valence-electron chi connectivity index (χ0n) is 9.59. The number of aromatic nitrogens is 1. The number of carbonyl (C=O) groups is 1. The number of pyridine rings is 1. The fourth-order valence-corrected chi connectivity index (χ4v) is 1.51. The van der Waals surface area contributed by atoms with Crippen molar-refractivity contribution in [2.24, 2.45) is 0 Å². The Bertz CT molecular complexity index is 631. The van der Waals surface area contributed by atoms with Crippen molar-refractivity contribution in [1.82, 2.24) is 4.57 Å². The molecular formula is C13H10FNO3. The maximum atomic E-state index is 12.8. The molecule has 0 aliphatic carbocycles. The zero-order valence-corrected chi connectivity index (χ0v) is 9.59. The predicted octanol–water partition coefficient (Wildman–Crippen LogP) is 1.90. The van der Waals surface area contributed by atoms with E-state index in [2.05, 4.69) is 0 Å². The molecule has 0 saturated heterocycles. The van der Waals surface area contributed by atoms with Crippen LogP contribution in [0.5, 0.6) is 5.75 Å². The van der Waals surface area contributed by atoms with Gasteiger partial charge in [-0.05, 0) is 36.4 Å². The van der Waals surface area contributed by atoms with Crippen molar-refractivity contribution in [3.05, 3.63) is 58.8 Å². The summed E-state index contributed by atoms with van der Waals surface area (Å²) in [5, 5.41) is 0. The zero-order chi connectivity index (χ0) is 13.1. The summed E-state index contributed by atoms with van der Waals surface area (Å²) in [4.78, 5) is 22.8. The lowest BCUT2D eigenvalue weighted by molar-refractivity contribution is -0.131. The van der Waals surface area contributed by atoms with Crippen LogP contribution in [0.3, 0.4) is 0 Å². The topological polar surface area (TPSA) is 48.3 Å². The van der Waals surface area contributed by atoms with Crippen LogP contribution in [-0.4, -0.2) is 10.5 Å². The van der Waals surface area contributed by atoms with E-state index in [0.717, 1.165) is 0 Å². The van der Waals surface area contributed by atoms with Crippen molar-refractivity contribution >= 4 is 5.97 Å². The van der Waals surface area contributed by atoms with Crippen molar-refractivity contribution in [2.75, 3.05) is 0 Å². The summed E-state index contributed by atoms with van der Waals surface area (Å²) in [7, 11) is 0. The van der Waals surface area contributed by atoms with Crippen LogP contribution in [0, 0.1) is 5.82 Å². The Hall–Kier alpha value is -2.43. The van der Waals surface area contributed by atoms with Crippen LogP contribution < -0.4 is 10.3 Å². The number of nitrogens with zero attached hydrogens (tertiary/aromatic N) is 1. The number of esters is 1. The molecule has 0 aliphatic rings. The molecule has 1 aromatic heterocycles. The number of halogens is 1. The second-order valence-electron chi connectivity index (χ2n) is 3.62. The molecule has 4 nitrogen and oxygen atoms in total. The summed E-state index contributed by atoms with van der Waals surface area (Å²) in [6, 6.07) is 8.41. The molecule has 0 fully saturated rings. The van der Waals surface area contributed by atoms with Crippen molar-refractivity contribution in [1.29, 1.82) is 0 Å². The van der Waals surface area contributed by atoms with E-state index in [1.807, 2.05) is 0 Å². The molecule has 18 heavy (non-hydrogen) atoms. The molecule has 0 aliphatic heterocycles. The maximum Gasteiger partial charge on any atom is 0.308 e. The Labute approximate surface area is 102 Å². The SMILES string of the molecule is CC(=O)Oc1cccn(-c2ccc(F)cc2)c1=O. The van der Waals surface area contributed by atoms with Gasteiger partial charge in [0.05, 0.1) is 0 Å². The first-order valence-electron chi connectivity index (χ1n) is 5.24. The largest absolute Gasteiger partial charge is 0.421 e. The highest BCUT2D eigenvalue weighted by molar-refractivity contribution is 5.69. The van der Waals surface area contributed by atoms with Crippen LogP contribution >= 0.6 is 0 Å². The number of hydrogen-bond acceptors (Lipinski definition) is 3. The number of benzene rings is 1. The molecule has 2 rings (SSSR count). The van der Waals surface area contributed by atoms with E-state index < -0.39 is 11.5 Å². The molecule has 0 N–H and O–H groups in total. The van der Waals surface area contributed by atoms with Gasteiger partial charge in [0, 0.05) is 18.8 Å². The van der Waals surface area contributed by atoms with Crippen molar-refractivity contribution in [3.63, 3.8) is 0 Å². The van der Waals surface area contributed by atoms with E-state index in [-0.39, 0.29) is 11.6 Å². The number of ether oxygens (including phenoxy) is 1. The summed E-state index contributed by atoms with van der Waals surface area (Å²) in [5.74, 6) is -1.01. The molecule has 0 amide bonds. The van der Waals surface area contributed by atoms with Crippen LogP contribution in [0.4, 0.5) is 4.39 Å². The van der Waals surface area contributed by atoms with Gasteiger partial charge in [0.15, 0.2) is 5.75 Å². The van der Waals surface area contributed by atoms with Gasteiger partial charge in [-0.25, -0.2) is 4.39 Å². The molecule has 0 atom stereocenters. The van der Waals surface area contributed by atoms with E-state index >= 15 is 0 Å². The highest BCUT2D eigenvalue weighted by atomic mass is 19.1. The van der Waals surface area contributed by atoms with Gasteiger partial charge in [0.2, 0.25) is 0 Å². The normalized spacial score (nSPS) is 10.1. The molecule has 0 spiro atoms. The standard InChI is InChI=1S/C13H10FNO3/c1-9(16)18-12-3-2-8-15(13(12)17)11-6-4-10(14)5-7-11/h2-8H,1H3. The highest BCUT2D eigenvalue weighted by Crippen LogP contribution is 2.09. The van der Waals surface area contributed by atoms with Gasteiger partial charge in [0.1, 0.15) is 5.82 Å².